The molecular formula is C18H24N2O5S. The number of nitrogens with one attached hydrogen (secondary N) is 1. The molecule has 1 N–H and O–H groups in total. The molecule has 0 fully saturated rings. The fraction of sp³-hybridized carbons (Fsp3) is 0.389. The predicted molar refractivity (Wildman–Crippen MR) is 99.1 cm³/mol. The second-order valence-corrected chi connectivity index (χ2v) is 7.51. The number of benzene rings is 1. The Balaban J connectivity index is 2.43. The Morgan fingerprint density at radius 3 is 2.42 bits per heavy atom. The molecule has 0 aliphatic carbocycles. The molecule has 0 aliphatic heterocycles. The summed E-state index contributed by atoms with van der Waals surface area (Å²) < 4.78 is 37.5. The van der Waals surface area contributed by atoms with Crippen molar-refractivity contribution in [3.63, 3.8) is 0 Å². The summed E-state index contributed by atoms with van der Waals surface area (Å²) in [6, 6.07) is 6.12. The third kappa shape index (κ3) is 4.08. The van der Waals surface area contributed by atoms with Crippen LogP contribution in [0.2, 0.25) is 0 Å². The molecule has 0 saturated carbocycles. The maximum Gasteiger partial charge on any atom is 0.291 e. The molecule has 2 aromatic rings. The van der Waals surface area contributed by atoms with Crippen LogP contribution in [0.1, 0.15) is 36.9 Å². The lowest BCUT2D eigenvalue weighted by atomic mass is 10.2. The largest absolute Gasteiger partial charge is 0.492 e. The van der Waals surface area contributed by atoms with Gasteiger partial charge in [-0.05, 0) is 38.1 Å². The first-order chi connectivity index (χ1) is 12.3. The first-order valence-corrected chi connectivity index (χ1v) is 9.91. The minimum atomic E-state index is -3.65. The van der Waals surface area contributed by atoms with Crippen molar-refractivity contribution in [2.45, 2.75) is 32.6 Å². The van der Waals surface area contributed by atoms with Crippen LogP contribution in [0.4, 0.5) is 5.69 Å². The van der Waals surface area contributed by atoms with Crippen molar-refractivity contribution in [3.05, 3.63) is 41.9 Å². The lowest BCUT2D eigenvalue weighted by Crippen LogP contribution is -2.30. The zero-order valence-electron chi connectivity index (χ0n) is 15.4. The quantitative estimate of drug-likeness (QED) is 0.759. The van der Waals surface area contributed by atoms with Crippen LogP contribution in [0.3, 0.4) is 0 Å². The minimum Gasteiger partial charge on any atom is -0.492 e. The Bertz CT molecular complexity index is 869. The number of carbonyl (C=O) groups is 1. The molecule has 1 heterocycles. The number of ether oxygens (including phenoxy) is 1. The number of aryl methyl sites for hydroxylation is 1. The van der Waals surface area contributed by atoms with E-state index in [0.717, 1.165) is 0 Å². The fourth-order valence-corrected chi connectivity index (χ4v) is 4.03. The fourth-order valence-electron chi connectivity index (χ4n) is 2.55. The lowest BCUT2D eigenvalue weighted by Gasteiger charge is -2.20. The first-order valence-electron chi connectivity index (χ1n) is 8.47. The van der Waals surface area contributed by atoms with E-state index >= 15 is 0 Å². The van der Waals surface area contributed by atoms with Crippen LogP contribution in [0, 0.1) is 6.92 Å². The van der Waals surface area contributed by atoms with Gasteiger partial charge in [-0.1, -0.05) is 13.8 Å². The molecule has 8 heteroatoms. The summed E-state index contributed by atoms with van der Waals surface area (Å²) in [5, 5.41) is 2.69. The van der Waals surface area contributed by atoms with E-state index in [-0.39, 0.29) is 16.3 Å². The van der Waals surface area contributed by atoms with Crippen LogP contribution < -0.4 is 10.1 Å². The number of anilines is 1. The zero-order valence-corrected chi connectivity index (χ0v) is 16.2. The number of furan rings is 1. The van der Waals surface area contributed by atoms with Crippen LogP contribution in [-0.4, -0.2) is 38.3 Å². The van der Waals surface area contributed by atoms with Gasteiger partial charge in [-0.2, -0.15) is 4.31 Å². The van der Waals surface area contributed by atoms with Crippen molar-refractivity contribution in [2.75, 3.05) is 25.0 Å². The Morgan fingerprint density at radius 1 is 1.19 bits per heavy atom. The molecule has 2 rings (SSSR count). The Labute approximate surface area is 154 Å². The van der Waals surface area contributed by atoms with E-state index in [1.807, 2.05) is 6.92 Å². The van der Waals surface area contributed by atoms with Gasteiger partial charge in [0.2, 0.25) is 10.0 Å². The summed E-state index contributed by atoms with van der Waals surface area (Å²) in [5.41, 5.74) is 0.966. The molecule has 0 spiro atoms. The van der Waals surface area contributed by atoms with E-state index in [4.69, 9.17) is 9.15 Å². The topological polar surface area (TPSA) is 88.9 Å². The van der Waals surface area contributed by atoms with Crippen LogP contribution in [0.5, 0.6) is 5.75 Å². The van der Waals surface area contributed by atoms with Gasteiger partial charge in [-0.15, -0.1) is 0 Å². The molecule has 1 aromatic carbocycles. The maximum absolute atomic E-state index is 12.7. The smallest absolute Gasteiger partial charge is 0.291 e. The summed E-state index contributed by atoms with van der Waals surface area (Å²) in [4.78, 5) is 12.5. The third-order valence-corrected chi connectivity index (χ3v) is 5.96. The SMILES string of the molecule is CCOc1ccc(S(=O)(=O)N(CC)CC)cc1NC(=O)c1occc1C. The first kappa shape index (κ1) is 20.0. The molecule has 0 saturated heterocycles. The van der Waals surface area contributed by atoms with E-state index in [9.17, 15) is 13.2 Å². The highest BCUT2D eigenvalue weighted by Gasteiger charge is 2.24. The molecule has 26 heavy (non-hydrogen) atoms. The molecular weight excluding hydrogens is 356 g/mol. The molecule has 0 radical (unpaired) electrons. The van der Waals surface area contributed by atoms with Gasteiger partial charge in [0, 0.05) is 18.7 Å². The summed E-state index contributed by atoms with van der Waals surface area (Å²) in [7, 11) is -3.65. The molecule has 7 nitrogen and oxygen atoms in total. The number of rotatable bonds is 8. The molecule has 0 bridgehead atoms. The van der Waals surface area contributed by atoms with Gasteiger partial charge in [-0.3, -0.25) is 4.79 Å². The number of amides is 1. The molecule has 1 amide bonds. The summed E-state index contributed by atoms with van der Waals surface area (Å²) in [5.74, 6) is 0.0962. The number of carbonyl (C=O) groups excluding carboxylic acids is 1. The number of sulfonamides is 1. The van der Waals surface area contributed by atoms with E-state index in [2.05, 4.69) is 5.32 Å². The Kier molecular flexibility index (Phi) is 6.44. The maximum atomic E-state index is 12.7. The van der Waals surface area contributed by atoms with E-state index < -0.39 is 15.9 Å². The third-order valence-electron chi connectivity index (χ3n) is 3.91. The average molecular weight is 380 g/mol. The molecule has 142 valence electrons. The normalized spacial score (nSPS) is 11.6. The monoisotopic (exact) mass is 380 g/mol. The second-order valence-electron chi connectivity index (χ2n) is 5.57. The highest BCUT2D eigenvalue weighted by atomic mass is 32.2. The number of nitrogens with zero attached hydrogens (tertiary/aromatic N) is 1. The minimum absolute atomic E-state index is 0.0936. The summed E-state index contributed by atoms with van der Waals surface area (Å²) >= 11 is 0. The predicted octanol–water partition coefficient (Wildman–Crippen LogP) is 3.27. The van der Waals surface area contributed by atoms with Gasteiger partial charge in [0.1, 0.15) is 5.75 Å². The van der Waals surface area contributed by atoms with E-state index in [1.54, 1.807) is 32.9 Å². The zero-order chi connectivity index (χ0) is 19.3. The van der Waals surface area contributed by atoms with E-state index in [1.165, 1.54) is 22.7 Å². The molecule has 0 aliphatic rings. The summed E-state index contributed by atoms with van der Waals surface area (Å²) in [6.07, 6.45) is 1.43. The summed E-state index contributed by atoms with van der Waals surface area (Å²) in [6.45, 7) is 8.21. The van der Waals surface area contributed by atoms with Gasteiger partial charge >= 0.3 is 0 Å². The molecule has 0 atom stereocenters. The van der Waals surface area contributed by atoms with Gasteiger partial charge in [0.25, 0.3) is 5.91 Å². The Hall–Kier alpha value is -2.32. The number of hydrogen-bond donors (Lipinski definition) is 1. The number of hydrogen-bond acceptors (Lipinski definition) is 5. The van der Waals surface area contributed by atoms with Crippen LogP contribution >= 0.6 is 0 Å². The molecule has 1 aromatic heterocycles. The van der Waals surface area contributed by atoms with Gasteiger partial charge in [0.15, 0.2) is 5.76 Å². The highest BCUT2D eigenvalue weighted by molar-refractivity contribution is 7.89. The van der Waals surface area contributed by atoms with Crippen molar-refractivity contribution >= 4 is 21.6 Å². The van der Waals surface area contributed by atoms with Crippen LogP contribution in [0.25, 0.3) is 0 Å². The van der Waals surface area contributed by atoms with Crippen molar-refractivity contribution in [2.24, 2.45) is 0 Å². The lowest BCUT2D eigenvalue weighted by molar-refractivity contribution is 0.0995. The van der Waals surface area contributed by atoms with Gasteiger partial charge in [-0.25, -0.2) is 8.42 Å². The average Bonchev–Trinajstić information content (AvgIpc) is 3.03. The standard InChI is InChI=1S/C18H24N2O5S/c1-5-20(6-2)26(22,23)14-8-9-16(24-7-3)15(12-14)19-18(21)17-13(4)10-11-25-17/h8-12H,5-7H2,1-4H3,(H,19,21). The van der Waals surface area contributed by atoms with Crippen LogP contribution in [-0.2, 0) is 10.0 Å². The second kappa shape index (κ2) is 8.37. The highest BCUT2D eigenvalue weighted by Crippen LogP contribution is 2.30. The van der Waals surface area contributed by atoms with Crippen molar-refractivity contribution in [3.8, 4) is 5.75 Å². The molecule has 0 unspecified atom stereocenters. The van der Waals surface area contributed by atoms with Crippen LogP contribution in [0.15, 0.2) is 39.8 Å². The Morgan fingerprint density at radius 2 is 1.88 bits per heavy atom. The van der Waals surface area contributed by atoms with Crippen molar-refractivity contribution < 1.29 is 22.4 Å². The van der Waals surface area contributed by atoms with E-state index in [0.29, 0.717) is 31.0 Å². The van der Waals surface area contributed by atoms with Crippen molar-refractivity contribution in [1.29, 1.82) is 0 Å². The van der Waals surface area contributed by atoms with Gasteiger partial charge < -0.3 is 14.5 Å². The van der Waals surface area contributed by atoms with Gasteiger partial charge in [0.05, 0.1) is 23.5 Å². The van der Waals surface area contributed by atoms with Crippen molar-refractivity contribution in [1.82, 2.24) is 4.31 Å².